The van der Waals surface area contributed by atoms with Crippen LogP contribution >= 0.6 is 0 Å². The van der Waals surface area contributed by atoms with E-state index in [1.165, 1.54) is 61.9 Å². The van der Waals surface area contributed by atoms with E-state index in [1.54, 1.807) is 0 Å². The zero-order chi connectivity index (χ0) is 15.1. The van der Waals surface area contributed by atoms with Crippen LogP contribution in [0, 0.1) is 13.8 Å². The summed E-state index contributed by atoms with van der Waals surface area (Å²) in [6.45, 7) is 11.4. The highest BCUT2D eigenvalue weighted by molar-refractivity contribution is 5.33. The van der Waals surface area contributed by atoms with Crippen molar-refractivity contribution in [3.05, 3.63) is 34.9 Å². The molecule has 0 radical (unpaired) electrons. The molecule has 1 aromatic rings. The van der Waals surface area contributed by atoms with Gasteiger partial charge in [0.15, 0.2) is 0 Å². The Hall–Kier alpha value is -0.860. The molecule has 0 amide bonds. The molecule has 2 heteroatoms. The smallest absolute Gasteiger partial charge is 0.0451 e. The lowest BCUT2D eigenvalue weighted by atomic mass is 9.97. The van der Waals surface area contributed by atoms with Crippen LogP contribution in [0.3, 0.4) is 0 Å². The van der Waals surface area contributed by atoms with E-state index in [1.807, 2.05) is 0 Å². The van der Waals surface area contributed by atoms with Crippen LogP contribution in [0.25, 0.3) is 0 Å². The molecule has 1 N–H and O–H groups in total. The van der Waals surface area contributed by atoms with Crippen LogP contribution in [-0.4, -0.2) is 31.1 Å². The molecule has 1 unspecified atom stereocenters. The number of nitrogens with one attached hydrogen (secondary N) is 1. The van der Waals surface area contributed by atoms with E-state index in [4.69, 9.17) is 0 Å². The minimum atomic E-state index is 0.467. The van der Waals surface area contributed by atoms with Gasteiger partial charge < -0.3 is 10.2 Å². The van der Waals surface area contributed by atoms with E-state index in [-0.39, 0.29) is 0 Å². The topological polar surface area (TPSA) is 15.3 Å². The summed E-state index contributed by atoms with van der Waals surface area (Å²) in [6.07, 6.45) is 6.98. The van der Waals surface area contributed by atoms with E-state index >= 15 is 0 Å². The number of likely N-dealkylation sites (N-methyl/N-ethyl adjacent to an activating group) is 1. The highest BCUT2D eigenvalue weighted by atomic mass is 15.1. The van der Waals surface area contributed by atoms with E-state index in [0.717, 1.165) is 13.1 Å². The summed E-state index contributed by atoms with van der Waals surface area (Å²) in [4.78, 5) is 2.67. The molecule has 0 bridgehead atoms. The molecule has 1 atom stereocenters. The predicted octanol–water partition coefficient (Wildman–Crippen LogP) is 4.22. The molecule has 2 rings (SSSR count). The first-order chi connectivity index (χ1) is 10.2. The molecule has 1 aliphatic heterocycles. The molecule has 0 saturated carbocycles. The third-order valence-corrected chi connectivity index (χ3v) is 4.65. The lowest BCUT2D eigenvalue weighted by molar-refractivity contribution is 0.222. The molecule has 21 heavy (non-hydrogen) atoms. The van der Waals surface area contributed by atoms with Gasteiger partial charge in [-0.15, -0.1) is 0 Å². The minimum absolute atomic E-state index is 0.467. The van der Waals surface area contributed by atoms with Gasteiger partial charge in [-0.05, 0) is 57.5 Å². The fourth-order valence-electron chi connectivity index (χ4n) is 3.41. The van der Waals surface area contributed by atoms with Gasteiger partial charge in [-0.1, -0.05) is 49.9 Å². The monoisotopic (exact) mass is 288 g/mol. The first-order valence-electron chi connectivity index (χ1n) is 8.73. The average molecular weight is 288 g/mol. The Morgan fingerprint density at radius 3 is 2.38 bits per heavy atom. The maximum absolute atomic E-state index is 3.71. The number of benzene rings is 1. The summed E-state index contributed by atoms with van der Waals surface area (Å²) in [5, 5.41) is 3.71. The summed E-state index contributed by atoms with van der Waals surface area (Å²) >= 11 is 0. The van der Waals surface area contributed by atoms with E-state index in [0.29, 0.717) is 6.04 Å². The van der Waals surface area contributed by atoms with Crippen molar-refractivity contribution in [2.24, 2.45) is 0 Å². The Morgan fingerprint density at radius 2 is 1.71 bits per heavy atom. The molecular weight excluding hydrogens is 256 g/mol. The second-order valence-corrected chi connectivity index (χ2v) is 6.54. The first-order valence-corrected chi connectivity index (χ1v) is 8.73. The van der Waals surface area contributed by atoms with Crippen molar-refractivity contribution in [1.29, 1.82) is 0 Å². The molecule has 1 aromatic carbocycles. The van der Waals surface area contributed by atoms with Gasteiger partial charge in [-0.3, -0.25) is 0 Å². The molecule has 118 valence electrons. The number of hydrogen-bond donors (Lipinski definition) is 1. The largest absolute Gasteiger partial charge is 0.309 e. The summed E-state index contributed by atoms with van der Waals surface area (Å²) in [6, 6.07) is 7.32. The number of likely N-dealkylation sites (tertiary alicyclic amines) is 1. The summed E-state index contributed by atoms with van der Waals surface area (Å²) in [5.41, 5.74) is 4.27. The molecule has 0 spiro atoms. The Morgan fingerprint density at radius 1 is 1.05 bits per heavy atom. The average Bonchev–Trinajstić information content (AvgIpc) is 2.43. The van der Waals surface area contributed by atoms with Crippen LogP contribution in [0.2, 0.25) is 0 Å². The number of aryl methyl sites for hydroxylation is 2. The molecule has 1 saturated heterocycles. The van der Waals surface area contributed by atoms with E-state index < -0.39 is 0 Å². The second kappa shape index (κ2) is 8.55. The van der Waals surface area contributed by atoms with E-state index in [9.17, 15) is 0 Å². The standard InChI is InChI=1S/C19H32N2/c1-4-20-19(18-14-16(2)10-11-17(18)3)15-21-12-8-6-5-7-9-13-21/h10-11,14,19-20H,4-9,12-13,15H2,1-3H3. The lowest BCUT2D eigenvalue weighted by Gasteiger charge is -2.30. The van der Waals surface area contributed by atoms with Gasteiger partial charge in [0.05, 0.1) is 0 Å². The van der Waals surface area contributed by atoms with Gasteiger partial charge in [0.2, 0.25) is 0 Å². The van der Waals surface area contributed by atoms with Gasteiger partial charge >= 0.3 is 0 Å². The van der Waals surface area contributed by atoms with Crippen LogP contribution in [0.5, 0.6) is 0 Å². The van der Waals surface area contributed by atoms with Crippen molar-refractivity contribution >= 4 is 0 Å². The van der Waals surface area contributed by atoms with Crippen molar-refractivity contribution in [3.8, 4) is 0 Å². The molecule has 1 aliphatic rings. The summed E-state index contributed by atoms with van der Waals surface area (Å²) in [5.74, 6) is 0. The normalized spacial score (nSPS) is 19.0. The van der Waals surface area contributed by atoms with Gasteiger partial charge in [0, 0.05) is 12.6 Å². The Labute approximate surface area is 130 Å². The van der Waals surface area contributed by atoms with Crippen molar-refractivity contribution in [3.63, 3.8) is 0 Å². The number of rotatable bonds is 5. The van der Waals surface area contributed by atoms with Gasteiger partial charge in [-0.2, -0.15) is 0 Å². The molecule has 0 aromatic heterocycles. The SMILES string of the molecule is CCNC(CN1CCCCCCC1)c1cc(C)ccc1C. The Kier molecular flexibility index (Phi) is 6.72. The molecular formula is C19H32N2. The zero-order valence-corrected chi connectivity index (χ0v) is 14.1. The minimum Gasteiger partial charge on any atom is -0.309 e. The third kappa shape index (κ3) is 5.12. The Bertz CT molecular complexity index is 420. The maximum Gasteiger partial charge on any atom is 0.0451 e. The summed E-state index contributed by atoms with van der Waals surface area (Å²) < 4.78 is 0. The first kappa shape index (κ1) is 16.5. The predicted molar refractivity (Wildman–Crippen MR) is 91.9 cm³/mol. The highest BCUT2D eigenvalue weighted by Crippen LogP contribution is 2.22. The molecule has 1 heterocycles. The third-order valence-electron chi connectivity index (χ3n) is 4.65. The second-order valence-electron chi connectivity index (χ2n) is 6.54. The molecule has 2 nitrogen and oxygen atoms in total. The van der Waals surface area contributed by atoms with Crippen LogP contribution < -0.4 is 5.32 Å². The van der Waals surface area contributed by atoms with Crippen LogP contribution in [-0.2, 0) is 0 Å². The molecule has 0 aliphatic carbocycles. The highest BCUT2D eigenvalue weighted by Gasteiger charge is 2.17. The molecule has 1 fully saturated rings. The van der Waals surface area contributed by atoms with Crippen molar-refractivity contribution in [2.75, 3.05) is 26.2 Å². The van der Waals surface area contributed by atoms with Crippen molar-refractivity contribution < 1.29 is 0 Å². The fourth-order valence-corrected chi connectivity index (χ4v) is 3.41. The van der Waals surface area contributed by atoms with Crippen LogP contribution in [0.1, 0.15) is 61.8 Å². The quantitative estimate of drug-likeness (QED) is 0.872. The van der Waals surface area contributed by atoms with Crippen molar-refractivity contribution in [2.45, 2.75) is 58.9 Å². The Balaban J connectivity index is 2.08. The number of nitrogens with zero attached hydrogens (tertiary/aromatic N) is 1. The fraction of sp³-hybridized carbons (Fsp3) is 0.684. The number of hydrogen-bond acceptors (Lipinski definition) is 2. The van der Waals surface area contributed by atoms with E-state index in [2.05, 4.69) is 49.2 Å². The summed E-state index contributed by atoms with van der Waals surface area (Å²) in [7, 11) is 0. The lowest BCUT2D eigenvalue weighted by Crippen LogP contribution is -2.37. The van der Waals surface area contributed by atoms with Gasteiger partial charge in [0.1, 0.15) is 0 Å². The zero-order valence-electron chi connectivity index (χ0n) is 14.1. The maximum atomic E-state index is 3.71. The van der Waals surface area contributed by atoms with Crippen LogP contribution in [0.15, 0.2) is 18.2 Å². The van der Waals surface area contributed by atoms with Crippen molar-refractivity contribution in [1.82, 2.24) is 10.2 Å². The van der Waals surface area contributed by atoms with Gasteiger partial charge in [0.25, 0.3) is 0 Å². The van der Waals surface area contributed by atoms with Gasteiger partial charge in [-0.25, -0.2) is 0 Å². The van der Waals surface area contributed by atoms with Crippen LogP contribution in [0.4, 0.5) is 0 Å².